The summed E-state index contributed by atoms with van der Waals surface area (Å²) < 4.78 is 149. The number of azo groups is 4. The lowest BCUT2D eigenvalue weighted by atomic mass is 10.1. The van der Waals surface area contributed by atoms with Crippen molar-refractivity contribution in [1.29, 1.82) is 0 Å². The van der Waals surface area contributed by atoms with Crippen molar-refractivity contribution in [1.82, 2.24) is 0 Å². The normalized spacial score (nSPS) is 12.7. The highest BCUT2D eigenvalue weighted by Crippen LogP contribution is 2.44. The van der Waals surface area contributed by atoms with Gasteiger partial charge < -0.3 is 19.9 Å². The minimum atomic E-state index is -5.17. The Bertz CT molecular complexity index is 4440. The molecule has 0 fully saturated rings. The predicted molar refractivity (Wildman–Crippen MR) is 291 cm³/mol. The lowest BCUT2D eigenvalue weighted by Gasteiger charge is -2.12. The fourth-order valence-corrected chi connectivity index (χ4v) is 10.6. The summed E-state index contributed by atoms with van der Waals surface area (Å²) in [4.78, 5) is -3.55. The van der Waals surface area contributed by atoms with E-state index >= 15 is 0 Å². The summed E-state index contributed by atoms with van der Waals surface area (Å²) in [6.45, 7) is 8.68. The Morgan fingerprint density at radius 2 is 0.823 bits per heavy atom. The van der Waals surface area contributed by atoms with Gasteiger partial charge in [0.25, 0.3) is 40.5 Å². The van der Waals surface area contributed by atoms with Crippen molar-refractivity contribution in [3.05, 3.63) is 137 Å². The molecule has 0 amide bonds. The van der Waals surface area contributed by atoms with Crippen LogP contribution in [0.3, 0.4) is 0 Å². The molecule has 0 heterocycles. The minimum absolute atomic E-state index is 0.102. The maximum absolute atomic E-state index is 12.6. The van der Waals surface area contributed by atoms with Crippen LogP contribution in [-0.2, 0) is 40.5 Å². The smallest absolute Gasteiger partial charge is 0.296 e. The number of methoxy groups -OCH3 is 2. The van der Waals surface area contributed by atoms with E-state index in [1.54, 1.807) is 115 Å². The van der Waals surface area contributed by atoms with Crippen LogP contribution in [-0.4, -0.2) is 71.2 Å². The molecule has 0 radical (unpaired) electrons. The van der Waals surface area contributed by atoms with Gasteiger partial charge in [0.15, 0.2) is 5.75 Å². The Kier molecular flexibility index (Phi) is 15.6. The van der Waals surface area contributed by atoms with E-state index in [1.165, 1.54) is 19.2 Å². The number of phenolic OH excluding ortho intramolecular Hbond substituents is 1. The van der Waals surface area contributed by atoms with Crippen LogP contribution in [0.1, 0.15) is 27.8 Å². The summed E-state index contributed by atoms with van der Waals surface area (Å²) in [5.74, 6) is 0.299. The molecule has 0 aromatic heterocycles. The van der Waals surface area contributed by atoms with Gasteiger partial charge in [0, 0.05) is 28.2 Å². The van der Waals surface area contributed by atoms with Gasteiger partial charge in [-0.15, -0.1) is 15.3 Å². The van der Waals surface area contributed by atoms with Crippen LogP contribution in [0, 0.1) is 34.6 Å². The van der Waals surface area contributed by atoms with Gasteiger partial charge in [-0.25, -0.2) is 0 Å². The van der Waals surface area contributed by atoms with E-state index in [0.717, 1.165) is 17.8 Å². The second kappa shape index (κ2) is 21.7. The summed E-state index contributed by atoms with van der Waals surface area (Å²) in [6, 6.07) is 25.8. The highest BCUT2D eigenvalue weighted by Gasteiger charge is 2.26. The Balaban J connectivity index is 1.01. The number of hydrogen-bond acceptors (Lipinski definition) is 20. The first-order valence-corrected chi connectivity index (χ1v) is 28.6. The zero-order valence-electron chi connectivity index (χ0n) is 42.4. The molecule has 8 aromatic rings. The molecule has 0 aliphatic carbocycles. The predicted octanol–water partition coefficient (Wildman–Crippen LogP) is 13.6. The van der Waals surface area contributed by atoms with Crippen molar-refractivity contribution in [2.45, 2.75) is 54.2 Å². The highest BCUT2D eigenvalue weighted by atomic mass is 32.2. The number of rotatable bonds is 16. The maximum atomic E-state index is 12.6. The minimum Gasteiger partial charge on any atom is -0.505 e. The number of nitrogens with zero attached hydrogens (tertiary/aromatic N) is 8. The maximum Gasteiger partial charge on any atom is 0.296 e. The number of benzene rings is 8. The number of nitrogens with one attached hydrogen (secondary N) is 1. The Hall–Kier alpha value is -8.48. The summed E-state index contributed by atoms with van der Waals surface area (Å²) >= 11 is 0. The molecule has 0 aliphatic heterocycles. The number of fused-ring (bicyclic) bond motifs is 2. The average molecular weight is 1150 g/mol. The molecule has 8 rings (SSSR count). The third-order valence-electron chi connectivity index (χ3n) is 12.1. The van der Waals surface area contributed by atoms with Crippen LogP contribution in [0.2, 0.25) is 0 Å². The summed E-state index contributed by atoms with van der Waals surface area (Å²) in [5.41, 5.74) is 5.32. The van der Waals surface area contributed by atoms with E-state index < -0.39 is 88.0 Å². The van der Waals surface area contributed by atoms with Gasteiger partial charge in [-0.1, -0.05) is 0 Å². The van der Waals surface area contributed by atoms with E-state index in [4.69, 9.17) is 9.47 Å². The van der Waals surface area contributed by atoms with Gasteiger partial charge in [-0.3, -0.25) is 18.2 Å². The van der Waals surface area contributed by atoms with E-state index in [1.807, 2.05) is 0 Å². The van der Waals surface area contributed by atoms with Crippen molar-refractivity contribution >= 4 is 119 Å². The second-order valence-corrected chi connectivity index (χ2v) is 23.3. The van der Waals surface area contributed by atoms with Gasteiger partial charge in [0.2, 0.25) is 0 Å². The molecule has 0 saturated heterocycles. The summed E-state index contributed by atoms with van der Waals surface area (Å²) in [5, 5.41) is 48.5. The van der Waals surface area contributed by atoms with Gasteiger partial charge >= 0.3 is 0 Å². The van der Waals surface area contributed by atoms with E-state index in [-0.39, 0.29) is 22.5 Å². The van der Waals surface area contributed by atoms with Crippen LogP contribution >= 0.6 is 0 Å². The second-order valence-electron chi connectivity index (χ2n) is 17.7. The van der Waals surface area contributed by atoms with Crippen molar-refractivity contribution in [3.63, 3.8) is 0 Å². The Labute approximate surface area is 452 Å². The fourth-order valence-electron chi connectivity index (χ4n) is 7.97. The quantitative estimate of drug-likeness (QED) is 0.0387. The number of anilines is 2. The molecule has 0 bridgehead atoms. The monoisotopic (exact) mass is 1150 g/mol. The Morgan fingerprint density at radius 1 is 0.392 bits per heavy atom. The van der Waals surface area contributed by atoms with E-state index in [0.29, 0.717) is 79.5 Å². The first kappa shape index (κ1) is 56.7. The van der Waals surface area contributed by atoms with Crippen molar-refractivity contribution in [2.24, 2.45) is 40.9 Å². The molecule has 408 valence electrons. The molecular formula is C51H45N9O15S4. The van der Waals surface area contributed by atoms with E-state index in [2.05, 4.69) is 46.2 Å². The number of ether oxygens (including phenoxy) is 2. The Morgan fingerprint density at radius 3 is 1.30 bits per heavy atom. The van der Waals surface area contributed by atoms with Crippen LogP contribution in [0.5, 0.6) is 17.2 Å². The number of hydrogen-bond donors (Lipinski definition) is 6. The average Bonchev–Trinajstić information content (AvgIpc) is 3.40. The number of aryl methyl sites for hydroxylation is 5. The SMILES string of the molecule is COc1ccc(Nc2ccc3c(O)c(N=Nc4cc(C)c(N=Nc5cc(C)c(N=Nc6cc(C)c(N=Nc7cc8c(S(=O)(=O)O)cc(S(=O)(=O)O)cc8cc7S(=O)(=O)O)cc6OC)cc5C)cc4C)c(S(=O)(=O)O)cc3c2)cc1. The molecule has 28 heteroatoms. The van der Waals surface area contributed by atoms with Gasteiger partial charge in [0.05, 0.1) is 47.6 Å². The lowest BCUT2D eigenvalue weighted by molar-refractivity contribution is 0.415. The van der Waals surface area contributed by atoms with Crippen LogP contribution in [0.4, 0.5) is 56.9 Å². The molecule has 0 atom stereocenters. The molecule has 0 saturated carbocycles. The zero-order chi connectivity index (χ0) is 57.5. The van der Waals surface area contributed by atoms with E-state index in [9.17, 15) is 57.0 Å². The summed E-state index contributed by atoms with van der Waals surface area (Å²) in [7, 11) is -17.3. The zero-order valence-corrected chi connectivity index (χ0v) is 45.7. The third-order valence-corrected chi connectivity index (χ3v) is 15.6. The first-order chi connectivity index (χ1) is 37.0. The van der Waals surface area contributed by atoms with Gasteiger partial charge in [0.1, 0.15) is 43.2 Å². The van der Waals surface area contributed by atoms with Crippen molar-refractivity contribution in [2.75, 3.05) is 19.5 Å². The first-order valence-electron chi connectivity index (χ1n) is 22.8. The topological polar surface area (TPSA) is 367 Å². The molecule has 0 unspecified atom stereocenters. The standard InChI is InChI=1S/C51H45N9O15S4/c1-26-15-41(55-58-44-18-30(5)43(25-46(44)75-7)56-59-45-24-38-32(21-48(45)78(68,69)70)20-36(76(62,63)64)23-47(38)77(65,66)67)27(2)14-39(26)53-54-40-16-29(4)42(17-28(40)3)57-60-50-49(79(71,72)73)22-31-19-34(10-13-37(31)51(50)61)52-33-8-11-35(74-6)12-9-33/h8-25,52,61H,1-7H3,(H,62,63,64)(H,65,66,67)(H,68,69,70)(H,71,72,73). The molecule has 79 heavy (non-hydrogen) atoms. The molecule has 24 nitrogen and oxygen atoms in total. The highest BCUT2D eigenvalue weighted by molar-refractivity contribution is 7.87. The summed E-state index contributed by atoms with van der Waals surface area (Å²) in [6.07, 6.45) is 0. The molecule has 0 aliphatic rings. The number of aromatic hydroxyl groups is 1. The van der Waals surface area contributed by atoms with Crippen LogP contribution < -0.4 is 14.8 Å². The van der Waals surface area contributed by atoms with Crippen molar-refractivity contribution in [3.8, 4) is 17.2 Å². The molecular weight excluding hydrogens is 1110 g/mol. The molecule has 6 N–H and O–H groups in total. The molecule has 0 spiro atoms. The lowest BCUT2D eigenvalue weighted by Crippen LogP contribution is -2.05. The molecule has 8 aromatic carbocycles. The fraction of sp³-hybridized carbons (Fsp3) is 0.137. The van der Waals surface area contributed by atoms with Crippen LogP contribution in [0.25, 0.3) is 21.5 Å². The van der Waals surface area contributed by atoms with Gasteiger partial charge in [-0.05, 0) is 176 Å². The van der Waals surface area contributed by atoms with Crippen molar-refractivity contribution < 1.29 is 66.5 Å². The largest absolute Gasteiger partial charge is 0.505 e. The van der Waals surface area contributed by atoms with Gasteiger partial charge in [-0.2, -0.15) is 59.2 Å². The number of phenols is 1. The third kappa shape index (κ3) is 12.6. The van der Waals surface area contributed by atoms with Crippen LogP contribution in [0.15, 0.2) is 170 Å².